The Labute approximate surface area is 183 Å². The van der Waals surface area contributed by atoms with E-state index in [1.165, 1.54) is 36.1 Å². The minimum absolute atomic E-state index is 0.0349. The monoisotopic (exact) mass is 435 g/mol. The number of hydrogen-bond acceptors (Lipinski definition) is 6. The number of hydrogen-bond donors (Lipinski definition) is 2. The van der Waals surface area contributed by atoms with Crippen molar-refractivity contribution in [3.05, 3.63) is 40.2 Å². The summed E-state index contributed by atoms with van der Waals surface area (Å²) in [5, 5.41) is 9.43. The number of pyridine rings is 1. The number of ether oxygens (including phenoxy) is 1. The van der Waals surface area contributed by atoms with Gasteiger partial charge in [0, 0.05) is 18.2 Å². The van der Waals surface area contributed by atoms with Gasteiger partial charge in [-0.15, -0.1) is 0 Å². The first-order valence-electron chi connectivity index (χ1n) is 11.4. The minimum atomic E-state index is -1.21. The molecule has 3 aromatic rings. The number of aromatic carboxylic acids is 1. The molecule has 9 nitrogen and oxygen atoms in total. The van der Waals surface area contributed by atoms with Gasteiger partial charge in [0.05, 0.1) is 0 Å². The summed E-state index contributed by atoms with van der Waals surface area (Å²) >= 11 is 0. The molecule has 32 heavy (non-hydrogen) atoms. The maximum Gasteiger partial charge on any atom is 0.358 e. The molecule has 0 saturated heterocycles. The Hall–Kier alpha value is -3.23. The summed E-state index contributed by atoms with van der Waals surface area (Å²) in [4.78, 5) is 41.5. The van der Waals surface area contributed by atoms with E-state index in [-0.39, 0.29) is 28.4 Å². The zero-order valence-corrected chi connectivity index (χ0v) is 17.9. The molecule has 0 radical (unpaired) electrons. The van der Waals surface area contributed by atoms with Gasteiger partial charge in [0.25, 0.3) is 5.56 Å². The smallest absolute Gasteiger partial charge is 0.358 e. The molecule has 4 aliphatic carbocycles. The second-order valence-corrected chi connectivity index (χ2v) is 9.59. The van der Waals surface area contributed by atoms with Gasteiger partial charge >= 0.3 is 12.0 Å². The zero-order valence-electron chi connectivity index (χ0n) is 17.9. The first-order chi connectivity index (χ1) is 15.5. The van der Waals surface area contributed by atoms with Crippen molar-refractivity contribution >= 4 is 17.1 Å². The van der Waals surface area contributed by atoms with Crippen LogP contribution in [0.25, 0.3) is 11.2 Å². The van der Waals surface area contributed by atoms with E-state index in [4.69, 9.17) is 9.72 Å². The van der Waals surface area contributed by atoms with Crippen LogP contribution in [0.1, 0.15) is 61.8 Å². The van der Waals surface area contributed by atoms with Gasteiger partial charge in [-0.05, 0) is 68.4 Å². The Morgan fingerprint density at radius 1 is 1.28 bits per heavy atom. The summed E-state index contributed by atoms with van der Waals surface area (Å²) in [5.74, 6) is 1.89. The number of aromatic amines is 1. The van der Waals surface area contributed by atoms with E-state index < -0.39 is 5.97 Å². The summed E-state index contributed by atoms with van der Waals surface area (Å²) in [7, 11) is 0. The fraction of sp³-hybridized carbons (Fsp3) is 0.522. The van der Waals surface area contributed by atoms with Crippen LogP contribution in [0.5, 0.6) is 11.8 Å². The highest BCUT2D eigenvalue weighted by Crippen LogP contribution is 2.65. The molecule has 4 fully saturated rings. The molecule has 0 aliphatic heterocycles. The lowest BCUT2D eigenvalue weighted by Gasteiger charge is -2.30. The number of fused-ring (bicyclic) bond motifs is 1. The normalized spacial score (nSPS) is 28.0. The van der Waals surface area contributed by atoms with Crippen LogP contribution >= 0.6 is 0 Å². The standard InChI is InChI=1S/C23H25N5O4/c1-2-6-28-19(29)17-18(27-22(28)32-15-4-3-5-24-16(15)20(30)31)26-21(25-17)23-10-12-7-13(11-23)9-14(23)8-12/h3-5,12-14H,2,6-11H2,1H3,(H,25,26)(H,30,31). The maximum absolute atomic E-state index is 13.4. The van der Waals surface area contributed by atoms with Crippen molar-refractivity contribution in [3.8, 4) is 11.8 Å². The Kier molecular flexibility index (Phi) is 4.18. The van der Waals surface area contributed by atoms with Crippen LogP contribution in [0.15, 0.2) is 23.1 Å². The Morgan fingerprint density at radius 3 is 2.78 bits per heavy atom. The molecule has 4 aliphatic rings. The summed E-state index contributed by atoms with van der Waals surface area (Å²) < 4.78 is 7.29. The highest BCUT2D eigenvalue weighted by Gasteiger charge is 2.59. The molecule has 166 valence electrons. The second kappa shape index (κ2) is 6.88. The highest BCUT2D eigenvalue weighted by molar-refractivity contribution is 5.88. The molecule has 4 bridgehead atoms. The van der Waals surface area contributed by atoms with Gasteiger partial charge in [-0.3, -0.25) is 9.36 Å². The molecular formula is C23H25N5O4. The van der Waals surface area contributed by atoms with Crippen molar-refractivity contribution in [1.82, 2.24) is 24.5 Å². The van der Waals surface area contributed by atoms with Crippen molar-refractivity contribution in [2.75, 3.05) is 0 Å². The predicted octanol–water partition coefficient (Wildman–Crippen LogP) is 3.49. The van der Waals surface area contributed by atoms with Crippen LogP contribution in [0.4, 0.5) is 0 Å². The van der Waals surface area contributed by atoms with E-state index in [1.54, 1.807) is 6.07 Å². The molecule has 4 saturated carbocycles. The lowest BCUT2D eigenvalue weighted by atomic mass is 9.75. The van der Waals surface area contributed by atoms with E-state index in [0.29, 0.717) is 30.0 Å². The number of nitrogens with one attached hydrogen (secondary N) is 1. The number of carboxylic acid groups (broad SMARTS) is 1. The third kappa shape index (κ3) is 2.73. The SMILES string of the molecule is CCCn1c(Oc2cccnc2C(=O)O)nc2nc(C34CC5CC(CC3C5)C4)[nH]c2c1=O. The second-order valence-electron chi connectivity index (χ2n) is 9.59. The molecule has 0 spiro atoms. The largest absolute Gasteiger partial charge is 0.476 e. The van der Waals surface area contributed by atoms with E-state index in [1.807, 2.05) is 6.92 Å². The van der Waals surface area contributed by atoms with Gasteiger partial charge < -0.3 is 14.8 Å². The number of carbonyl (C=O) groups is 1. The average molecular weight is 435 g/mol. The Morgan fingerprint density at radius 2 is 2.06 bits per heavy atom. The quantitative estimate of drug-likeness (QED) is 0.607. The van der Waals surface area contributed by atoms with E-state index in [2.05, 4.69) is 15.0 Å². The Balaban J connectivity index is 1.47. The molecule has 3 heterocycles. The number of aromatic nitrogens is 5. The summed E-state index contributed by atoms with van der Waals surface area (Å²) in [6, 6.07) is 3.12. The van der Waals surface area contributed by atoms with Crippen LogP contribution in [0.3, 0.4) is 0 Å². The predicted molar refractivity (Wildman–Crippen MR) is 115 cm³/mol. The maximum atomic E-state index is 13.4. The van der Waals surface area contributed by atoms with Crippen LogP contribution in [0.2, 0.25) is 0 Å². The van der Waals surface area contributed by atoms with Crippen LogP contribution in [0, 0.1) is 17.8 Å². The number of carboxylic acids is 1. The lowest BCUT2D eigenvalue weighted by Crippen LogP contribution is -2.29. The van der Waals surface area contributed by atoms with E-state index >= 15 is 0 Å². The van der Waals surface area contributed by atoms with Crippen molar-refractivity contribution in [3.63, 3.8) is 0 Å². The van der Waals surface area contributed by atoms with Gasteiger partial charge in [-0.25, -0.2) is 14.8 Å². The number of H-pyrrole nitrogens is 1. The summed E-state index contributed by atoms with van der Waals surface area (Å²) in [6.07, 6.45) is 8.20. The fourth-order valence-corrected chi connectivity index (χ4v) is 6.62. The van der Waals surface area contributed by atoms with Gasteiger partial charge in [0.1, 0.15) is 5.82 Å². The van der Waals surface area contributed by atoms with Gasteiger partial charge in [-0.1, -0.05) is 6.92 Å². The van der Waals surface area contributed by atoms with E-state index in [9.17, 15) is 14.7 Å². The topological polar surface area (TPSA) is 123 Å². The van der Waals surface area contributed by atoms with Crippen molar-refractivity contribution < 1.29 is 14.6 Å². The minimum Gasteiger partial charge on any atom is -0.476 e. The van der Waals surface area contributed by atoms with Gasteiger partial charge in [-0.2, -0.15) is 4.98 Å². The van der Waals surface area contributed by atoms with Gasteiger partial charge in [0.15, 0.2) is 22.6 Å². The number of rotatable bonds is 6. The van der Waals surface area contributed by atoms with Crippen LogP contribution in [-0.2, 0) is 12.0 Å². The molecule has 0 amide bonds. The van der Waals surface area contributed by atoms with Gasteiger partial charge in [0.2, 0.25) is 0 Å². The van der Waals surface area contributed by atoms with Crippen molar-refractivity contribution in [2.45, 2.75) is 57.4 Å². The molecule has 2 atom stereocenters. The van der Waals surface area contributed by atoms with E-state index in [0.717, 1.165) is 30.5 Å². The number of imidazole rings is 1. The molecule has 0 aromatic carbocycles. The summed E-state index contributed by atoms with van der Waals surface area (Å²) in [5.41, 5.74) is 0.280. The molecule has 3 aromatic heterocycles. The molecular weight excluding hydrogens is 410 g/mol. The average Bonchev–Trinajstić information content (AvgIpc) is 3.38. The first-order valence-corrected chi connectivity index (χ1v) is 11.4. The summed E-state index contributed by atoms with van der Waals surface area (Å²) in [6.45, 7) is 2.35. The highest BCUT2D eigenvalue weighted by atomic mass is 16.5. The molecule has 9 heteroatoms. The lowest BCUT2D eigenvalue weighted by molar-refractivity contribution is 0.0687. The third-order valence-corrected chi connectivity index (χ3v) is 7.66. The van der Waals surface area contributed by atoms with Crippen molar-refractivity contribution in [2.24, 2.45) is 17.8 Å². The molecule has 7 rings (SSSR count). The Bertz CT molecular complexity index is 1280. The number of nitrogens with zero attached hydrogens (tertiary/aromatic N) is 4. The molecule has 2 unspecified atom stereocenters. The zero-order chi connectivity index (χ0) is 22.0. The van der Waals surface area contributed by atoms with Crippen LogP contribution in [-0.4, -0.2) is 35.6 Å². The first kappa shape index (κ1) is 19.5. The van der Waals surface area contributed by atoms with Crippen molar-refractivity contribution in [1.29, 1.82) is 0 Å². The fourth-order valence-electron chi connectivity index (χ4n) is 6.62. The third-order valence-electron chi connectivity index (χ3n) is 7.66. The van der Waals surface area contributed by atoms with Crippen LogP contribution < -0.4 is 10.3 Å². The molecule has 2 N–H and O–H groups in total.